The Morgan fingerprint density at radius 1 is 1.14 bits per heavy atom. The van der Waals surface area contributed by atoms with Gasteiger partial charge < -0.3 is 15.0 Å². The van der Waals surface area contributed by atoms with Gasteiger partial charge >= 0.3 is 0 Å². The molecule has 4 nitrogen and oxygen atoms in total. The van der Waals surface area contributed by atoms with Crippen molar-refractivity contribution in [2.45, 2.75) is 50.4 Å². The summed E-state index contributed by atoms with van der Waals surface area (Å²) in [6.07, 6.45) is 4.49. The maximum atomic E-state index is 13.3. The molecule has 0 aliphatic carbocycles. The minimum absolute atomic E-state index is 0. The molecule has 6 heteroatoms. The predicted octanol–water partition coefficient (Wildman–Crippen LogP) is 4.18. The summed E-state index contributed by atoms with van der Waals surface area (Å²) < 4.78 is 18.9. The first-order valence-electron chi connectivity index (χ1n) is 9.59. The van der Waals surface area contributed by atoms with Crippen LogP contribution >= 0.6 is 12.4 Å². The van der Waals surface area contributed by atoms with Crippen LogP contribution in [0.5, 0.6) is 5.75 Å². The van der Waals surface area contributed by atoms with Gasteiger partial charge in [-0.15, -0.1) is 12.4 Å². The van der Waals surface area contributed by atoms with Crippen LogP contribution in [0, 0.1) is 5.82 Å². The van der Waals surface area contributed by atoms with E-state index in [1.807, 2.05) is 36.2 Å². The van der Waals surface area contributed by atoms with Gasteiger partial charge in [0.25, 0.3) is 5.91 Å². The molecule has 0 radical (unpaired) electrons. The van der Waals surface area contributed by atoms with Crippen LogP contribution < -0.4 is 10.1 Å². The third-order valence-electron chi connectivity index (χ3n) is 5.69. The van der Waals surface area contributed by atoms with Crippen molar-refractivity contribution >= 4 is 18.3 Å². The fourth-order valence-electron chi connectivity index (χ4n) is 4.23. The van der Waals surface area contributed by atoms with Gasteiger partial charge in [-0.25, -0.2) is 4.39 Å². The summed E-state index contributed by atoms with van der Waals surface area (Å²) >= 11 is 0. The molecule has 0 saturated carbocycles. The minimum Gasteiger partial charge on any atom is -0.489 e. The zero-order chi connectivity index (χ0) is 18.8. The molecule has 4 rings (SSSR count). The summed E-state index contributed by atoms with van der Waals surface area (Å²) in [5, 5.41) is 3.62. The molecule has 2 unspecified atom stereocenters. The Morgan fingerprint density at radius 2 is 1.86 bits per heavy atom. The maximum Gasteiger partial charge on any atom is 0.253 e. The number of nitrogens with zero attached hydrogens (tertiary/aromatic N) is 1. The Hall–Kier alpha value is -2.11. The van der Waals surface area contributed by atoms with Crippen molar-refractivity contribution in [3.05, 3.63) is 65.5 Å². The second kappa shape index (κ2) is 8.93. The highest BCUT2D eigenvalue weighted by molar-refractivity contribution is 5.94. The van der Waals surface area contributed by atoms with Gasteiger partial charge in [0.15, 0.2) is 0 Å². The number of nitrogens with one attached hydrogen (secondary N) is 1. The molecule has 2 aromatic rings. The molecule has 150 valence electrons. The van der Waals surface area contributed by atoms with Crippen LogP contribution in [0.15, 0.2) is 48.5 Å². The molecule has 2 heterocycles. The second-order valence-corrected chi connectivity index (χ2v) is 7.63. The molecule has 0 spiro atoms. The number of carbonyl (C=O) groups is 1. The molecule has 2 bridgehead atoms. The van der Waals surface area contributed by atoms with Crippen LogP contribution in [0.2, 0.25) is 0 Å². The normalized spacial score (nSPS) is 23.0. The summed E-state index contributed by atoms with van der Waals surface area (Å²) in [5.74, 6) is 0.205. The molecule has 2 atom stereocenters. The van der Waals surface area contributed by atoms with Crippen LogP contribution in [-0.2, 0) is 6.61 Å². The van der Waals surface area contributed by atoms with Gasteiger partial charge in [0.2, 0.25) is 0 Å². The molecule has 2 aliphatic rings. The maximum absolute atomic E-state index is 13.3. The molecule has 1 amide bonds. The number of carbonyl (C=O) groups excluding carboxylic acids is 1. The summed E-state index contributed by atoms with van der Waals surface area (Å²) in [7, 11) is 1.91. The van der Waals surface area contributed by atoms with Crippen LogP contribution in [-0.4, -0.2) is 36.0 Å². The number of piperidine rings is 1. The highest BCUT2D eigenvalue weighted by Crippen LogP contribution is 2.30. The number of benzene rings is 2. The molecule has 2 aliphatic heterocycles. The summed E-state index contributed by atoms with van der Waals surface area (Å²) in [6.45, 7) is 0.297. The average molecular weight is 405 g/mol. The van der Waals surface area contributed by atoms with E-state index in [-0.39, 0.29) is 24.1 Å². The lowest BCUT2D eigenvalue weighted by molar-refractivity contribution is 0.0681. The minimum atomic E-state index is -0.325. The summed E-state index contributed by atoms with van der Waals surface area (Å²) in [6, 6.07) is 15.0. The average Bonchev–Trinajstić information content (AvgIpc) is 3.03. The van der Waals surface area contributed by atoms with E-state index in [4.69, 9.17) is 4.74 Å². The number of hydrogen-bond acceptors (Lipinski definition) is 3. The standard InChI is InChI=1S/C22H25FN2O2.ClH/c1-25(20-12-18-8-9-19(13-20)24-18)22(26)16-5-2-4-15(10-16)14-27-21-7-3-6-17(23)11-21;/h2-7,10-11,18-20,24H,8-9,12-14H2,1H3;1H. The molecule has 1 N–H and O–H groups in total. The predicted molar refractivity (Wildman–Crippen MR) is 109 cm³/mol. The Labute approximate surface area is 171 Å². The first kappa shape index (κ1) is 20.6. The first-order chi connectivity index (χ1) is 13.1. The third kappa shape index (κ3) is 4.65. The van der Waals surface area contributed by atoms with Gasteiger partial charge in [0.1, 0.15) is 18.2 Å². The van der Waals surface area contributed by atoms with E-state index in [1.54, 1.807) is 12.1 Å². The third-order valence-corrected chi connectivity index (χ3v) is 5.69. The van der Waals surface area contributed by atoms with Crippen molar-refractivity contribution in [3.63, 3.8) is 0 Å². The fraction of sp³-hybridized carbons (Fsp3) is 0.409. The quantitative estimate of drug-likeness (QED) is 0.812. The Bertz CT molecular complexity index is 820. The second-order valence-electron chi connectivity index (χ2n) is 7.63. The lowest BCUT2D eigenvalue weighted by Gasteiger charge is -2.35. The lowest BCUT2D eigenvalue weighted by atomic mass is 9.97. The summed E-state index contributed by atoms with van der Waals surface area (Å²) in [4.78, 5) is 14.9. The van der Waals surface area contributed by atoms with E-state index >= 15 is 0 Å². The van der Waals surface area contributed by atoms with Crippen molar-refractivity contribution in [3.8, 4) is 5.75 Å². The topological polar surface area (TPSA) is 41.6 Å². The molecule has 2 saturated heterocycles. The van der Waals surface area contributed by atoms with Gasteiger partial charge in [-0.1, -0.05) is 18.2 Å². The van der Waals surface area contributed by atoms with Gasteiger partial charge in [-0.3, -0.25) is 4.79 Å². The van der Waals surface area contributed by atoms with E-state index in [0.29, 0.717) is 36.0 Å². The molecular weight excluding hydrogens is 379 g/mol. The van der Waals surface area contributed by atoms with E-state index in [9.17, 15) is 9.18 Å². The zero-order valence-electron chi connectivity index (χ0n) is 15.9. The zero-order valence-corrected chi connectivity index (χ0v) is 16.8. The van der Waals surface area contributed by atoms with Crippen LogP contribution in [0.1, 0.15) is 41.6 Å². The number of rotatable bonds is 5. The molecular formula is C22H26ClFN2O2. The van der Waals surface area contributed by atoms with Crippen molar-refractivity contribution in [2.75, 3.05) is 7.05 Å². The van der Waals surface area contributed by atoms with E-state index < -0.39 is 0 Å². The Balaban J connectivity index is 0.00000225. The Morgan fingerprint density at radius 3 is 2.57 bits per heavy atom. The van der Waals surface area contributed by atoms with Gasteiger partial charge in [0.05, 0.1) is 0 Å². The van der Waals surface area contributed by atoms with E-state index in [0.717, 1.165) is 18.4 Å². The lowest BCUT2D eigenvalue weighted by Crippen LogP contribution is -2.48. The van der Waals surface area contributed by atoms with Crippen molar-refractivity contribution in [2.24, 2.45) is 0 Å². The monoisotopic (exact) mass is 404 g/mol. The van der Waals surface area contributed by atoms with Crippen LogP contribution in [0.25, 0.3) is 0 Å². The largest absolute Gasteiger partial charge is 0.489 e. The highest BCUT2D eigenvalue weighted by atomic mass is 35.5. The number of halogens is 2. The van der Waals surface area contributed by atoms with Crippen LogP contribution in [0.3, 0.4) is 0 Å². The number of amides is 1. The smallest absolute Gasteiger partial charge is 0.253 e. The SMILES string of the molecule is CN(C(=O)c1cccc(COc2cccc(F)c2)c1)C1CC2CCC(C1)N2.Cl. The van der Waals surface area contributed by atoms with Crippen molar-refractivity contribution in [1.82, 2.24) is 10.2 Å². The number of hydrogen-bond donors (Lipinski definition) is 1. The molecule has 0 aromatic heterocycles. The molecule has 2 fully saturated rings. The summed E-state index contributed by atoms with van der Waals surface area (Å²) in [5.41, 5.74) is 1.56. The molecule has 28 heavy (non-hydrogen) atoms. The fourth-order valence-corrected chi connectivity index (χ4v) is 4.23. The highest BCUT2D eigenvalue weighted by Gasteiger charge is 2.36. The van der Waals surface area contributed by atoms with E-state index in [1.165, 1.54) is 25.0 Å². The first-order valence-corrected chi connectivity index (χ1v) is 9.59. The van der Waals surface area contributed by atoms with Crippen molar-refractivity contribution < 1.29 is 13.9 Å². The number of ether oxygens (including phenoxy) is 1. The number of fused-ring (bicyclic) bond motifs is 2. The van der Waals surface area contributed by atoms with E-state index in [2.05, 4.69) is 5.32 Å². The Kier molecular flexibility index (Phi) is 6.57. The van der Waals surface area contributed by atoms with Crippen LogP contribution in [0.4, 0.5) is 4.39 Å². The molecule has 2 aromatic carbocycles. The van der Waals surface area contributed by atoms with Gasteiger partial charge in [0, 0.05) is 36.8 Å². The van der Waals surface area contributed by atoms with Gasteiger partial charge in [-0.2, -0.15) is 0 Å². The van der Waals surface area contributed by atoms with Gasteiger partial charge in [-0.05, 0) is 55.5 Å². The van der Waals surface area contributed by atoms with Crippen molar-refractivity contribution in [1.29, 1.82) is 0 Å².